The number of nitrogens with one attached hydrogen (secondary N) is 1. The highest BCUT2D eigenvalue weighted by Gasteiger charge is 2.13. The van der Waals surface area contributed by atoms with Gasteiger partial charge in [-0.15, -0.1) is 0 Å². The van der Waals surface area contributed by atoms with E-state index in [9.17, 15) is 0 Å². The van der Waals surface area contributed by atoms with Crippen molar-refractivity contribution in [1.29, 1.82) is 0 Å². The molecular weight excluding hydrogens is 164 g/mol. The van der Waals surface area contributed by atoms with E-state index in [1.807, 2.05) is 24.4 Å². The Labute approximate surface area is 78.1 Å². The summed E-state index contributed by atoms with van der Waals surface area (Å²) in [5.74, 6) is 0. The highest BCUT2D eigenvalue weighted by atomic mass is 16.5. The monoisotopic (exact) mass is 178 g/mol. The molecular formula is C10H14N2O. The molecule has 0 spiro atoms. The van der Waals surface area contributed by atoms with Crippen LogP contribution in [-0.4, -0.2) is 30.8 Å². The molecule has 1 aliphatic heterocycles. The first-order valence-electron chi connectivity index (χ1n) is 4.67. The van der Waals surface area contributed by atoms with Gasteiger partial charge in [0.1, 0.15) is 0 Å². The van der Waals surface area contributed by atoms with Crippen LogP contribution < -0.4 is 5.32 Å². The van der Waals surface area contributed by atoms with Crippen molar-refractivity contribution in [3.63, 3.8) is 0 Å². The first-order valence-corrected chi connectivity index (χ1v) is 4.67. The molecule has 0 radical (unpaired) electrons. The Morgan fingerprint density at radius 3 is 3.23 bits per heavy atom. The van der Waals surface area contributed by atoms with Crippen LogP contribution in [0, 0.1) is 0 Å². The maximum absolute atomic E-state index is 5.58. The van der Waals surface area contributed by atoms with E-state index in [1.165, 1.54) is 0 Å². The number of aromatic nitrogens is 1. The smallest absolute Gasteiger partial charge is 0.0755 e. The van der Waals surface area contributed by atoms with Gasteiger partial charge in [-0.2, -0.15) is 0 Å². The molecule has 1 atom stereocenters. The second-order valence-electron chi connectivity index (χ2n) is 3.22. The largest absolute Gasteiger partial charge is 0.375 e. The predicted molar refractivity (Wildman–Crippen MR) is 50.6 cm³/mol. The minimum absolute atomic E-state index is 0.295. The molecule has 2 heterocycles. The Morgan fingerprint density at radius 2 is 2.54 bits per heavy atom. The van der Waals surface area contributed by atoms with Crippen LogP contribution in [-0.2, 0) is 11.2 Å². The highest BCUT2D eigenvalue weighted by molar-refractivity contribution is 5.04. The number of ether oxygens (including phenoxy) is 1. The third kappa shape index (κ3) is 2.50. The molecule has 2 rings (SSSR count). The molecule has 1 aromatic heterocycles. The van der Waals surface area contributed by atoms with Gasteiger partial charge in [-0.05, 0) is 12.1 Å². The molecule has 3 nitrogen and oxygen atoms in total. The summed E-state index contributed by atoms with van der Waals surface area (Å²) < 4.78 is 5.58. The first kappa shape index (κ1) is 8.66. The number of rotatable bonds is 2. The zero-order chi connectivity index (χ0) is 8.93. The summed E-state index contributed by atoms with van der Waals surface area (Å²) in [5, 5.41) is 3.30. The van der Waals surface area contributed by atoms with Gasteiger partial charge in [0, 0.05) is 31.4 Å². The zero-order valence-corrected chi connectivity index (χ0v) is 7.57. The lowest BCUT2D eigenvalue weighted by atomic mass is 10.1. The van der Waals surface area contributed by atoms with E-state index in [-0.39, 0.29) is 0 Å². The van der Waals surface area contributed by atoms with Crippen molar-refractivity contribution in [3.8, 4) is 0 Å². The Hall–Kier alpha value is -0.930. The molecule has 0 bridgehead atoms. The van der Waals surface area contributed by atoms with Crippen LogP contribution in [0.1, 0.15) is 5.69 Å². The van der Waals surface area contributed by atoms with Crippen molar-refractivity contribution in [2.75, 3.05) is 19.7 Å². The van der Waals surface area contributed by atoms with Crippen LogP contribution >= 0.6 is 0 Å². The van der Waals surface area contributed by atoms with Crippen molar-refractivity contribution < 1.29 is 4.74 Å². The van der Waals surface area contributed by atoms with E-state index in [4.69, 9.17) is 4.74 Å². The van der Waals surface area contributed by atoms with E-state index >= 15 is 0 Å². The van der Waals surface area contributed by atoms with Gasteiger partial charge in [-0.25, -0.2) is 0 Å². The fourth-order valence-corrected chi connectivity index (χ4v) is 1.50. The zero-order valence-electron chi connectivity index (χ0n) is 7.57. The quantitative estimate of drug-likeness (QED) is 0.720. The summed E-state index contributed by atoms with van der Waals surface area (Å²) in [6.07, 6.45) is 3.03. The van der Waals surface area contributed by atoms with Crippen LogP contribution in [0.3, 0.4) is 0 Å². The Bertz CT molecular complexity index is 244. The highest BCUT2D eigenvalue weighted by Crippen LogP contribution is 2.04. The van der Waals surface area contributed by atoms with Gasteiger partial charge in [-0.3, -0.25) is 4.98 Å². The average molecular weight is 178 g/mol. The number of pyridine rings is 1. The van der Waals surface area contributed by atoms with Gasteiger partial charge in [0.15, 0.2) is 0 Å². The second-order valence-corrected chi connectivity index (χ2v) is 3.22. The lowest BCUT2D eigenvalue weighted by Crippen LogP contribution is -2.39. The van der Waals surface area contributed by atoms with Gasteiger partial charge in [0.05, 0.1) is 12.7 Å². The molecule has 13 heavy (non-hydrogen) atoms. The lowest BCUT2D eigenvalue weighted by Gasteiger charge is -2.23. The maximum Gasteiger partial charge on any atom is 0.0755 e. The van der Waals surface area contributed by atoms with Crippen molar-refractivity contribution in [1.82, 2.24) is 10.3 Å². The van der Waals surface area contributed by atoms with Crippen molar-refractivity contribution in [2.24, 2.45) is 0 Å². The van der Waals surface area contributed by atoms with Crippen molar-refractivity contribution in [3.05, 3.63) is 30.1 Å². The van der Waals surface area contributed by atoms with Gasteiger partial charge < -0.3 is 10.1 Å². The molecule has 1 N–H and O–H groups in total. The van der Waals surface area contributed by atoms with E-state index in [0.717, 1.165) is 31.8 Å². The minimum atomic E-state index is 0.295. The topological polar surface area (TPSA) is 34.1 Å². The van der Waals surface area contributed by atoms with Gasteiger partial charge >= 0.3 is 0 Å². The lowest BCUT2D eigenvalue weighted by molar-refractivity contribution is 0.0287. The standard InChI is InChI=1S/C10H14N2O/c1-2-4-12-9(3-1)7-10-8-11-5-6-13-10/h1-4,10-11H,5-8H2/t10-/m0/s1. The molecule has 1 aliphatic rings. The third-order valence-electron chi connectivity index (χ3n) is 2.17. The minimum Gasteiger partial charge on any atom is -0.375 e. The number of nitrogens with zero attached hydrogens (tertiary/aromatic N) is 1. The van der Waals surface area contributed by atoms with E-state index in [2.05, 4.69) is 10.3 Å². The number of hydrogen-bond acceptors (Lipinski definition) is 3. The van der Waals surface area contributed by atoms with E-state index in [1.54, 1.807) is 0 Å². The molecule has 0 aliphatic carbocycles. The maximum atomic E-state index is 5.58. The molecule has 1 saturated heterocycles. The number of morpholine rings is 1. The SMILES string of the molecule is c1ccc(C[C@H]2CNCCO2)nc1. The summed E-state index contributed by atoms with van der Waals surface area (Å²) in [4.78, 5) is 4.27. The first-order chi connectivity index (χ1) is 6.45. The average Bonchev–Trinajstić information content (AvgIpc) is 2.21. The Kier molecular flexibility index (Phi) is 2.90. The molecule has 1 fully saturated rings. The summed E-state index contributed by atoms with van der Waals surface area (Å²) in [6, 6.07) is 5.99. The van der Waals surface area contributed by atoms with E-state index < -0.39 is 0 Å². The molecule has 0 unspecified atom stereocenters. The summed E-state index contributed by atoms with van der Waals surface area (Å²) in [6.45, 7) is 2.73. The fourth-order valence-electron chi connectivity index (χ4n) is 1.50. The molecule has 0 amide bonds. The fraction of sp³-hybridized carbons (Fsp3) is 0.500. The molecule has 3 heteroatoms. The van der Waals surface area contributed by atoms with Crippen LogP contribution in [0.2, 0.25) is 0 Å². The Balaban J connectivity index is 1.90. The normalized spacial score (nSPS) is 22.9. The molecule has 0 saturated carbocycles. The summed E-state index contributed by atoms with van der Waals surface area (Å²) in [7, 11) is 0. The van der Waals surface area contributed by atoms with Crippen LogP contribution in [0.4, 0.5) is 0 Å². The number of hydrogen-bond donors (Lipinski definition) is 1. The predicted octanol–water partition coefficient (Wildman–Crippen LogP) is 0.612. The van der Waals surface area contributed by atoms with Gasteiger partial charge in [0.2, 0.25) is 0 Å². The van der Waals surface area contributed by atoms with Crippen molar-refractivity contribution >= 4 is 0 Å². The molecule has 1 aromatic rings. The van der Waals surface area contributed by atoms with Crippen LogP contribution in [0.25, 0.3) is 0 Å². The van der Waals surface area contributed by atoms with Crippen LogP contribution in [0.15, 0.2) is 24.4 Å². The van der Waals surface area contributed by atoms with Gasteiger partial charge in [0.25, 0.3) is 0 Å². The van der Waals surface area contributed by atoms with Gasteiger partial charge in [-0.1, -0.05) is 6.07 Å². The molecule has 0 aromatic carbocycles. The van der Waals surface area contributed by atoms with E-state index in [0.29, 0.717) is 6.10 Å². The third-order valence-corrected chi connectivity index (χ3v) is 2.17. The summed E-state index contributed by atoms with van der Waals surface area (Å²) in [5.41, 5.74) is 1.11. The molecule has 70 valence electrons. The van der Waals surface area contributed by atoms with Crippen LogP contribution in [0.5, 0.6) is 0 Å². The second kappa shape index (κ2) is 4.35. The summed E-state index contributed by atoms with van der Waals surface area (Å²) >= 11 is 0. The Morgan fingerprint density at radius 1 is 1.54 bits per heavy atom. The van der Waals surface area contributed by atoms with Crippen molar-refractivity contribution in [2.45, 2.75) is 12.5 Å².